The van der Waals surface area contributed by atoms with Crippen molar-refractivity contribution in [3.8, 4) is 0 Å². The van der Waals surface area contributed by atoms with E-state index in [0.29, 0.717) is 12.2 Å². The Kier molecular flexibility index (Phi) is 4.49. The lowest BCUT2D eigenvalue weighted by atomic mass is 10.1. The van der Waals surface area contributed by atoms with Crippen molar-refractivity contribution in [1.82, 2.24) is 10.3 Å². The minimum Gasteiger partial charge on any atom is -0.379 e. The summed E-state index contributed by atoms with van der Waals surface area (Å²) in [5, 5.41) is 6.09. The van der Waals surface area contributed by atoms with Crippen LogP contribution in [0.4, 0.5) is 5.69 Å². The van der Waals surface area contributed by atoms with Crippen molar-refractivity contribution in [2.24, 2.45) is 0 Å². The number of carbonyl (C=O) groups is 1. The molecule has 0 aliphatic carbocycles. The van der Waals surface area contributed by atoms with Gasteiger partial charge in [0, 0.05) is 12.1 Å². The molecule has 4 heteroatoms. The smallest absolute Gasteiger partial charge is 0.269 e. The summed E-state index contributed by atoms with van der Waals surface area (Å²) in [6.45, 7) is 8.94. The largest absolute Gasteiger partial charge is 0.379 e. The van der Waals surface area contributed by atoms with Gasteiger partial charge in [0.2, 0.25) is 0 Å². The minimum absolute atomic E-state index is 0.00628. The van der Waals surface area contributed by atoms with E-state index in [1.54, 1.807) is 12.3 Å². The fraction of sp³-hybridized carbons (Fsp3) is 0.538. The molecule has 0 atom stereocenters. The van der Waals surface area contributed by atoms with Crippen molar-refractivity contribution in [2.75, 3.05) is 11.9 Å². The molecule has 1 rings (SSSR count). The van der Waals surface area contributed by atoms with Gasteiger partial charge in [0.25, 0.3) is 5.91 Å². The van der Waals surface area contributed by atoms with Crippen LogP contribution in [-0.4, -0.2) is 23.0 Å². The van der Waals surface area contributed by atoms with Crippen LogP contribution < -0.4 is 10.6 Å². The summed E-state index contributed by atoms with van der Waals surface area (Å²) in [7, 11) is 0. The molecule has 17 heavy (non-hydrogen) atoms. The highest BCUT2D eigenvalue weighted by Crippen LogP contribution is 2.13. The molecular formula is C13H21N3O. The number of aromatic nitrogens is 1. The number of nitrogens with zero attached hydrogens (tertiary/aromatic N) is 1. The van der Waals surface area contributed by atoms with Crippen LogP contribution in [0.1, 0.15) is 44.6 Å². The van der Waals surface area contributed by atoms with Gasteiger partial charge in [-0.25, -0.2) is 4.98 Å². The van der Waals surface area contributed by atoms with Crippen LogP contribution in [0.25, 0.3) is 0 Å². The van der Waals surface area contributed by atoms with Crippen molar-refractivity contribution in [2.45, 2.75) is 39.7 Å². The molecule has 0 fully saturated rings. The molecule has 1 heterocycles. The van der Waals surface area contributed by atoms with Gasteiger partial charge in [0.1, 0.15) is 5.69 Å². The van der Waals surface area contributed by atoms with Crippen LogP contribution >= 0.6 is 0 Å². The van der Waals surface area contributed by atoms with E-state index in [-0.39, 0.29) is 11.4 Å². The average molecular weight is 235 g/mol. The van der Waals surface area contributed by atoms with E-state index in [1.807, 2.05) is 13.0 Å². The molecule has 94 valence electrons. The maximum absolute atomic E-state index is 11.6. The normalized spacial score (nSPS) is 11.1. The fourth-order valence-corrected chi connectivity index (χ4v) is 1.36. The Balaban J connectivity index is 2.64. The van der Waals surface area contributed by atoms with Gasteiger partial charge in [0.05, 0.1) is 11.9 Å². The third-order valence-electron chi connectivity index (χ3n) is 2.05. The Labute approximate surface area is 103 Å². The third kappa shape index (κ3) is 4.85. The quantitative estimate of drug-likeness (QED) is 0.842. The lowest BCUT2D eigenvalue weighted by Crippen LogP contribution is -2.27. The van der Waals surface area contributed by atoms with Gasteiger partial charge in [-0.05, 0) is 39.3 Å². The van der Waals surface area contributed by atoms with Gasteiger partial charge in [-0.15, -0.1) is 0 Å². The summed E-state index contributed by atoms with van der Waals surface area (Å²) < 4.78 is 0. The first-order valence-electron chi connectivity index (χ1n) is 5.95. The molecule has 1 aromatic rings. The molecule has 1 amide bonds. The van der Waals surface area contributed by atoms with Gasteiger partial charge in [0.15, 0.2) is 0 Å². The van der Waals surface area contributed by atoms with Crippen LogP contribution in [0.2, 0.25) is 0 Å². The van der Waals surface area contributed by atoms with Crippen molar-refractivity contribution in [1.29, 1.82) is 0 Å². The first-order valence-corrected chi connectivity index (χ1v) is 5.95. The molecule has 2 N–H and O–H groups in total. The maximum Gasteiger partial charge on any atom is 0.269 e. The number of rotatable bonds is 4. The molecule has 1 aromatic heterocycles. The van der Waals surface area contributed by atoms with E-state index in [1.165, 1.54) is 0 Å². The zero-order chi connectivity index (χ0) is 12.9. The Morgan fingerprint density at radius 1 is 1.35 bits per heavy atom. The number of amides is 1. The van der Waals surface area contributed by atoms with E-state index in [0.717, 1.165) is 12.1 Å². The lowest BCUT2D eigenvalue weighted by Gasteiger charge is -2.21. The van der Waals surface area contributed by atoms with E-state index >= 15 is 0 Å². The number of nitrogens with one attached hydrogen (secondary N) is 2. The van der Waals surface area contributed by atoms with E-state index in [4.69, 9.17) is 0 Å². The topological polar surface area (TPSA) is 54.0 Å². The Morgan fingerprint density at radius 2 is 2.06 bits per heavy atom. The number of hydrogen-bond acceptors (Lipinski definition) is 3. The second kappa shape index (κ2) is 5.66. The molecule has 0 radical (unpaired) electrons. The van der Waals surface area contributed by atoms with Gasteiger partial charge in [-0.1, -0.05) is 6.92 Å². The zero-order valence-electron chi connectivity index (χ0n) is 11.0. The fourth-order valence-electron chi connectivity index (χ4n) is 1.36. The second-order valence-electron chi connectivity index (χ2n) is 5.06. The molecule has 0 unspecified atom stereocenters. The molecular weight excluding hydrogens is 214 g/mol. The zero-order valence-corrected chi connectivity index (χ0v) is 11.0. The summed E-state index contributed by atoms with van der Waals surface area (Å²) in [4.78, 5) is 15.7. The van der Waals surface area contributed by atoms with Gasteiger partial charge in [-0.2, -0.15) is 0 Å². The van der Waals surface area contributed by atoms with Crippen LogP contribution in [0.5, 0.6) is 0 Å². The predicted octanol–water partition coefficient (Wildman–Crippen LogP) is 2.43. The maximum atomic E-state index is 11.6. The standard InChI is InChI=1S/C13H21N3O/c1-5-8-14-12(17)11-7-6-10(9-15-11)16-13(2,3)4/h6-7,9,16H,5,8H2,1-4H3,(H,14,17). The molecule has 4 nitrogen and oxygen atoms in total. The summed E-state index contributed by atoms with van der Waals surface area (Å²) in [5.41, 5.74) is 1.37. The van der Waals surface area contributed by atoms with Crippen LogP contribution in [-0.2, 0) is 0 Å². The summed E-state index contributed by atoms with van der Waals surface area (Å²) in [6.07, 6.45) is 2.61. The highest BCUT2D eigenvalue weighted by atomic mass is 16.1. The number of pyridine rings is 1. The number of hydrogen-bond donors (Lipinski definition) is 2. The van der Waals surface area contributed by atoms with Crippen LogP contribution in [0, 0.1) is 0 Å². The third-order valence-corrected chi connectivity index (χ3v) is 2.05. The highest BCUT2D eigenvalue weighted by Gasteiger charge is 2.10. The number of anilines is 1. The van der Waals surface area contributed by atoms with Gasteiger partial charge < -0.3 is 10.6 Å². The first-order chi connectivity index (χ1) is 7.92. The predicted molar refractivity (Wildman–Crippen MR) is 70.2 cm³/mol. The summed E-state index contributed by atoms with van der Waals surface area (Å²) in [5.74, 6) is -0.117. The highest BCUT2D eigenvalue weighted by molar-refractivity contribution is 5.92. The van der Waals surface area contributed by atoms with Crippen molar-refractivity contribution >= 4 is 11.6 Å². The molecule has 0 aromatic carbocycles. The number of carbonyl (C=O) groups excluding carboxylic acids is 1. The SMILES string of the molecule is CCCNC(=O)c1ccc(NC(C)(C)C)cn1. The molecule has 0 aliphatic rings. The summed E-state index contributed by atoms with van der Waals surface area (Å²) in [6, 6.07) is 3.61. The molecule has 0 bridgehead atoms. The average Bonchev–Trinajstić information content (AvgIpc) is 2.24. The molecule has 0 saturated carbocycles. The Hall–Kier alpha value is -1.58. The van der Waals surface area contributed by atoms with Crippen LogP contribution in [0.15, 0.2) is 18.3 Å². The van der Waals surface area contributed by atoms with Crippen molar-refractivity contribution in [3.05, 3.63) is 24.0 Å². The first kappa shape index (κ1) is 13.5. The van der Waals surface area contributed by atoms with E-state index < -0.39 is 0 Å². The monoisotopic (exact) mass is 235 g/mol. The lowest BCUT2D eigenvalue weighted by molar-refractivity contribution is 0.0949. The van der Waals surface area contributed by atoms with Crippen molar-refractivity contribution in [3.63, 3.8) is 0 Å². The van der Waals surface area contributed by atoms with E-state index in [2.05, 4.69) is 36.4 Å². The summed E-state index contributed by atoms with van der Waals surface area (Å²) >= 11 is 0. The van der Waals surface area contributed by atoms with Crippen molar-refractivity contribution < 1.29 is 4.79 Å². The molecule has 0 saturated heterocycles. The Morgan fingerprint density at radius 3 is 2.53 bits per heavy atom. The minimum atomic E-state index is -0.117. The molecule has 0 spiro atoms. The molecule has 0 aliphatic heterocycles. The van der Waals surface area contributed by atoms with Crippen LogP contribution in [0.3, 0.4) is 0 Å². The second-order valence-corrected chi connectivity index (χ2v) is 5.06. The van der Waals surface area contributed by atoms with Gasteiger partial charge >= 0.3 is 0 Å². The Bertz CT molecular complexity index is 365. The van der Waals surface area contributed by atoms with Gasteiger partial charge in [-0.3, -0.25) is 4.79 Å². The van der Waals surface area contributed by atoms with E-state index in [9.17, 15) is 4.79 Å².